The van der Waals surface area contributed by atoms with Crippen molar-refractivity contribution in [2.75, 3.05) is 0 Å². The molecule has 1 heteroatoms. The van der Waals surface area contributed by atoms with Crippen molar-refractivity contribution in [3.05, 3.63) is 29.8 Å². The van der Waals surface area contributed by atoms with Crippen molar-refractivity contribution in [2.24, 2.45) is 0 Å². The summed E-state index contributed by atoms with van der Waals surface area (Å²) >= 11 is 2.97. The zero-order chi connectivity index (χ0) is 5.98. The molecule has 0 spiro atoms. The normalized spacial score (nSPS) is 9.12. The van der Waals surface area contributed by atoms with Crippen LogP contribution in [0.3, 0.4) is 0 Å². The minimum absolute atomic E-state index is 1.24. The number of rotatable bonds is 0. The van der Waals surface area contributed by atoms with Crippen LogP contribution in [-0.4, -0.2) is 16.0 Å². The molecule has 0 aliphatic carbocycles. The Kier molecular flexibility index (Phi) is 1.72. The molecule has 0 atom stereocenters. The Labute approximate surface area is 57.7 Å². The van der Waals surface area contributed by atoms with Gasteiger partial charge in [0.25, 0.3) is 0 Å². The number of benzene rings is 1. The van der Waals surface area contributed by atoms with Gasteiger partial charge in [-0.1, -0.05) is 0 Å². The maximum atomic E-state index is 2.97. The molecule has 8 heavy (non-hydrogen) atoms. The van der Waals surface area contributed by atoms with Crippen LogP contribution < -0.4 is 4.46 Å². The van der Waals surface area contributed by atoms with Crippen LogP contribution in [0.25, 0.3) is 0 Å². The fraction of sp³-hybridized carbons (Fsp3) is 0.143. The quantitative estimate of drug-likeness (QED) is 0.505. The third kappa shape index (κ3) is 1.12. The Hall–Kier alpha value is -0.261. The molecule has 0 N–H and O–H groups in total. The van der Waals surface area contributed by atoms with Crippen molar-refractivity contribution in [3.8, 4) is 0 Å². The monoisotopic (exact) mass is 171 g/mol. The summed E-state index contributed by atoms with van der Waals surface area (Å²) in [5, 5.41) is 0. The van der Waals surface area contributed by atoms with Crippen LogP contribution in [0.5, 0.6) is 0 Å². The molecule has 0 saturated carbocycles. The third-order valence-corrected chi connectivity index (χ3v) is 2.05. The van der Waals surface area contributed by atoms with Crippen molar-refractivity contribution in [1.29, 1.82) is 0 Å². The SMILES string of the molecule is Cc1ccccc1[Se+]. The molecule has 0 bridgehead atoms. The zero-order valence-electron chi connectivity index (χ0n) is 4.72. The van der Waals surface area contributed by atoms with E-state index in [0.29, 0.717) is 0 Å². The number of aryl methyl sites for hydroxylation is 1. The van der Waals surface area contributed by atoms with E-state index in [0.717, 1.165) is 0 Å². The second-order valence-electron chi connectivity index (χ2n) is 1.77. The Balaban J connectivity index is 3.13. The standard InChI is InChI=1S/C7H7Se/c1-6-4-2-3-5-7(6)8/h2-5H,1H3/q+1. The molecule has 0 saturated heterocycles. The first-order valence-electron chi connectivity index (χ1n) is 2.53. The van der Waals surface area contributed by atoms with Crippen LogP contribution in [0, 0.1) is 6.92 Å². The molecule has 0 fully saturated rings. The van der Waals surface area contributed by atoms with E-state index in [-0.39, 0.29) is 0 Å². The van der Waals surface area contributed by atoms with Crippen LogP contribution >= 0.6 is 0 Å². The number of hydrogen-bond donors (Lipinski definition) is 0. The van der Waals surface area contributed by atoms with Gasteiger partial charge < -0.3 is 0 Å². The maximum absolute atomic E-state index is 2.97. The first-order chi connectivity index (χ1) is 3.80. The average Bonchev–Trinajstić information content (AvgIpc) is 1.77. The van der Waals surface area contributed by atoms with Crippen molar-refractivity contribution in [2.45, 2.75) is 6.92 Å². The van der Waals surface area contributed by atoms with Gasteiger partial charge in [0.05, 0.1) is 0 Å². The molecule has 1 rings (SSSR count). The summed E-state index contributed by atoms with van der Waals surface area (Å²) in [5.74, 6) is 0. The fourth-order valence-electron chi connectivity index (χ4n) is 0.556. The summed E-state index contributed by atoms with van der Waals surface area (Å²) < 4.78 is 1.24. The summed E-state index contributed by atoms with van der Waals surface area (Å²) in [6, 6.07) is 8.22. The predicted molar refractivity (Wildman–Crippen MR) is 36.6 cm³/mol. The summed E-state index contributed by atoms with van der Waals surface area (Å²) in [5.41, 5.74) is 1.31. The second-order valence-corrected chi connectivity index (χ2v) is 2.69. The van der Waals surface area contributed by atoms with E-state index in [1.807, 2.05) is 12.1 Å². The van der Waals surface area contributed by atoms with Crippen molar-refractivity contribution in [1.82, 2.24) is 0 Å². The van der Waals surface area contributed by atoms with Gasteiger partial charge in [0.2, 0.25) is 0 Å². The van der Waals surface area contributed by atoms with Crippen LogP contribution in [0.1, 0.15) is 5.56 Å². The molecular weight excluding hydrogens is 163 g/mol. The second kappa shape index (κ2) is 2.34. The first kappa shape index (κ1) is 5.87. The van der Waals surface area contributed by atoms with E-state index in [1.165, 1.54) is 10.0 Å². The van der Waals surface area contributed by atoms with E-state index < -0.39 is 0 Å². The van der Waals surface area contributed by atoms with E-state index in [9.17, 15) is 0 Å². The number of hydrogen-bond acceptors (Lipinski definition) is 0. The molecule has 0 heterocycles. The fourth-order valence-corrected chi connectivity index (χ4v) is 0.864. The van der Waals surface area contributed by atoms with Crippen molar-refractivity contribution >= 4 is 20.5 Å². The van der Waals surface area contributed by atoms with Crippen molar-refractivity contribution in [3.63, 3.8) is 0 Å². The van der Waals surface area contributed by atoms with E-state index in [4.69, 9.17) is 0 Å². The Morgan fingerprint density at radius 1 is 1.25 bits per heavy atom. The van der Waals surface area contributed by atoms with E-state index in [2.05, 4.69) is 35.1 Å². The van der Waals surface area contributed by atoms with Gasteiger partial charge in [0.1, 0.15) is 0 Å². The van der Waals surface area contributed by atoms with Crippen LogP contribution in [0.15, 0.2) is 24.3 Å². The Morgan fingerprint density at radius 3 is 2.25 bits per heavy atom. The van der Waals surface area contributed by atoms with E-state index in [1.54, 1.807) is 0 Å². The Bertz CT molecular complexity index is 160. The van der Waals surface area contributed by atoms with E-state index >= 15 is 0 Å². The van der Waals surface area contributed by atoms with Gasteiger partial charge >= 0.3 is 57.2 Å². The molecular formula is C7H7Se+. The van der Waals surface area contributed by atoms with Gasteiger partial charge in [0.15, 0.2) is 0 Å². The van der Waals surface area contributed by atoms with Crippen molar-refractivity contribution < 1.29 is 0 Å². The molecule has 0 nitrogen and oxygen atoms in total. The summed E-state index contributed by atoms with van der Waals surface area (Å²) in [6.07, 6.45) is 0. The molecule has 0 aliphatic rings. The van der Waals surface area contributed by atoms with Gasteiger partial charge in [0, 0.05) is 0 Å². The molecule has 40 valence electrons. The molecule has 0 aliphatic heterocycles. The third-order valence-electron chi connectivity index (χ3n) is 1.09. The van der Waals surface area contributed by atoms with Gasteiger partial charge in [-0.05, 0) is 0 Å². The summed E-state index contributed by atoms with van der Waals surface area (Å²) in [4.78, 5) is 0. The molecule has 2 radical (unpaired) electrons. The van der Waals surface area contributed by atoms with Gasteiger partial charge in [-0.3, -0.25) is 0 Å². The average molecular weight is 170 g/mol. The van der Waals surface area contributed by atoms with Crippen LogP contribution in [0.4, 0.5) is 0 Å². The Morgan fingerprint density at radius 2 is 1.88 bits per heavy atom. The van der Waals surface area contributed by atoms with Gasteiger partial charge in [-0.15, -0.1) is 0 Å². The molecule has 1 aromatic carbocycles. The molecule has 1 aromatic rings. The topological polar surface area (TPSA) is 0 Å². The zero-order valence-corrected chi connectivity index (χ0v) is 6.43. The van der Waals surface area contributed by atoms with Crippen LogP contribution in [-0.2, 0) is 0 Å². The molecule has 0 amide bonds. The first-order valence-corrected chi connectivity index (χ1v) is 3.39. The minimum atomic E-state index is 1.24. The molecule has 0 unspecified atom stereocenters. The van der Waals surface area contributed by atoms with Gasteiger partial charge in [-0.2, -0.15) is 0 Å². The predicted octanol–water partition coefficient (Wildman–Crippen LogP) is 0.789. The summed E-state index contributed by atoms with van der Waals surface area (Å²) in [6.45, 7) is 2.09. The summed E-state index contributed by atoms with van der Waals surface area (Å²) in [7, 11) is 0. The van der Waals surface area contributed by atoms with Gasteiger partial charge in [-0.25, -0.2) is 0 Å². The van der Waals surface area contributed by atoms with Crippen LogP contribution in [0.2, 0.25) is 0 Å². The molecule has 0 aromatic heterocycles.